The number of hydrogen-bond acceptors (Lipinski definition) is 6. The summed E-state index contributed by atoms with van der Waals surface area (Å²) in [7, 11) is -2.82. The van der Waals surface area contributed by atoms with Crippen LogP contribution >= 0.6 is 11.9 Å². The Balaban J connectivity index is 1.89. The quantitative estimate of drug-likeness (QED) is 0.717. The van der Waals surface area contributed by atoms with Crippen molar-refractivity contribution >= 4 is 38.8 Å². The number of fused-ring (bicyclic) bond motifs is 1. The van der Waals surface area contributed by atoms with Gasteiger partial charge in [0.05, 0.1) is 16.6 Å². The van der Waals surface area contributed by atoms with Crippen LogP contribution in [0.5, 0.6) is 0 Å². The molecule has 0 radical (unpaired) electrons. The molecule has 1 saturated carbocycles. The van der Waals surface area contributed by atoms with E-state index in [1.54, 1.807) is 6.92 Å². The fourth-order valence-electron chi connectivity index (χ4n) is 3.00. The van der Waals surface area contributed by atoms with Crippen molar-refractivity contribution in [3.05, 3.63) is 28.4 Å². The summed E-state index contributed by atoms with van der Waals surface area (Å²) in [6.45, 7) is 0.874. The number of halogens is 2. The highest BCUT2D eigenvalue weighted by Gasteiger charge is 2.47. The van der Waals surface area contributed by atoms with E-state index < -0.39 is 44.1 Å². The van der Waals surface area contributed by atoms with E-state index in [0.717, 1.165) is 12.1 Å². The van der Waals surface area contributed by atoms with Crippen molar-refractivity contribution in [3.8, 4) is 0 Å². The third kappa shape index (κ3) is 2.95. The van der Waals surface area contributed by atoms with Gasteiger partial charge < -0.3 is 4.72 Å². The number of aryl methyl sites for hydroxylation is 1. The van der Waals surface area contributed by atoms with Gasteiger partial charge in [0.2, 0.25) is 10.0 Å². The summed E-state index contributed by atoms with van der Waals surface area (Å²) in [5.74, 6) is -0.390. The van der Waals surface area contributed by atoms with Gasteiger partial charge in [0.15, 0.2) is 5.50 Å². The van der Waals surface area contributed by atoms with Crippen LogP contribution in [0, 0.1) is 5.82 Å². The van der Waals surface area contributed by atoms with Crippen molar-refractivity contribution in [2.45, 2.75) is 35.7 Å². The van der Waals surface area contributed by atoms with E-state index >= 15 is 0 Å². The molecule has 2 N–H and O–H groups in total. The lowest BCUT2D eigenvalue weighted by molar-refractivity contribution is 0.392. The minimum Gasteiger partial charge on any atom is -0.315 e. The Kier molecular flexibility index (Phi) is 4.13. The van der Waals surface area contributed by atoms with E-state index in [1.165, 1.54) is 28.1 Å². The summed E-state index contributed by atoms with van der Waals surface area (Å²) in [6, 6.07) is 2.10. The number of nitrogens with one attached hydrogen (secondary N) is 2. The molecule has 1 unspecified atom stereocenters. The number of aliphatic imine (C=N–C) groups is 1. The van der Waals surface area contributed by atoms with Gasteiger partial charge in [-0.25, -0.2) is 31.7 Å². The maximum Gasteiger partial charge on any atom is 0.331 e. The molecule has 0 spiro atoms. The van der Waals surface area contributed by atoms with Crippen LogP contribution in [0.2, 0.25) is 0 Å². The zero-order chi connectivity index (χ0) is 19.6. The van der Waals surface area contributed by atoms with Gasteiger partial charge in [-0.15, -0.1) is 0 Å². The molecule has 1 aliphatic carbocycles. The van der Waals surface area contributed by atoms with E-state index in [4.69, 9.17) is 0 Å². The van der Waals surface area contributed by atoms with Crippen LogP contribution in [0.15, 0.2) is 26.8 Å². The van der Waals surface area contributed by atoms with E-state index in [1.807, 2.05) is 0 Å². The standard InChI is InChI=1S/C15H17F2N5O3S2/c1-8-18-13(26-19-8)22-11-6-12(9(17)5-10(11)21(2)14(22)23)27(24,25)20-15(7-16)3-4-15/h5-6,13,20H,3-4,7H2,1-2H3,(H,18,19). The first-order valence-electron chi connectivity index (χ1n) is 8.14. The lowest BCUT2D eigenvalue weighted by Crippen LogP contribution is -2.38. The van der Waals surface area contributed by atoms with Crippen LogP contribution < -0.4 is 15.1 Å². The van der Waals surface area contributed by atoms with E-state index in [2.05, 4.69) is 14.4 Å². The Hall–Kier alpha value is -1.92. The van der Waals surface area contributed by atoms with Gasteiger partial charge in [0.25, 0.3) is 0 Å². The van der Waals surface area contributed by atoms with Crippen LogP contribution in [0.1, 0.15) is 25.3 Å². The molecule has 1 aliphatic heterocycles. The second-order valence-electron chi connectivity index (χ2n) is 6.76. The first kappa shape index (κ1) is 18.4. The molecule has 2 heterocycles. The third-order valence-electron chi connectivity index (χ3n) is 4.73. The predicted molar refractivity (Wildman–Crippen MR) is 98.3 cm³/mol. The van der Waals surface area contributed by atoms with Crippen LogP contribution in [-0.4, -0.2) is 35.6 Å². The van der Waals surface area contributed by atoms with Crippen molar-refractivity contribution in [2.24, 2.45) is 12.0 Å². The summed E-state index contributed by atoms with van der Waals surface area (Å²) in [5.41, 5.74) is -1.78. The Morgan fingerprint density at radius 3 is 2.67 bits per heavy atom. The van der Waals surface area contributed by atoms with Crippen LogP contribution in [-0.2, 0) is 17.1 Å². The molecule has 4 rings (SSSR count). The molecule has 2 aromatic rings. The first-order chi connectivity index (χ1) is 12.7. The average Bonchev–Trinajstić information content (AvgIpc) is 3.17. The number of amidine groups is 1. The lowest BCUT2D eigenvalue weighted by atomic mass is 10.3. The number of aromatic nitrogens is 2. The molecule has 1 aromatic heterocycles. The SMILES string of the molecule is CC1=NC(n2c(=O)n(C)c3cc(F)c(S(=O)(=O)NC4(CF)CC4)cc32)SN1. The lowest BCUT2D eigenvalue weighted by Gasteiger charge is -2.15. The van der Waals surface area contributed by atoms with E-state index in [9.17, 15) is 22.0 Å². The van der Waals surface area contributed by atoms with Gasteiger partial charge in [-0.2, -0.15) is 0 Å². The molecular weight excluding hydrogens is 400 g/mol. The molecule has 1 fully saturated rings. The smallest absolute Gasteiger partial charge is 0.315 e. The number of hydrogen-bond donors (Lipinski definition) is 2. The molecule has 27 heavy (non-hydrogen) atoms. The summed E-state index contributed by atoms with van der Waals surface area (Å²) in [6.07, 6.45) is 0.724. The molecule has 1 aromatic carbocycles. The number of imidazole rings is 1. The highest BCUT2D eigenvalue weighted by atomic mass is 32.2. The number of rotatable bonds is 5. The fraction of sp³-hybridized carbons (Fsp3) is 0.467. The molecule has 0 bridgehead atoms. The zero-order valence-electron chi connectivity index (χ0n) is 14.5. The predicted octanol–water partition coefficient (Wildman–Crippen LogP) is 1.39. The first-order valence-corrected chi connectivity index (χ1v) is 10.5. The van der Waals surface area contributed by atoms with Gasteiger partial charge >= 0.3 is 5.69 Å². The second kappa shape index (κ2) is 6.04. The molecule has 146 valence electrons. The topological polar surface area (TPSA) is 97.5 Å². The maximum absolute atomic E-state index is 14.6. The van der Waals surface area contributed by atoms with Crippen LogP contribution in [0.3, 0.4) is 0 Å². The fourth-order valence-corrected chi connectivity index (χ4v) is 5.37. The Morgan fingerprint density at radius 2 is 2.11 bits per heavy atom. The second-order valence-corrected chi connectivity index (χ2v) is 9.28. The number of benzene rings is 1. The largest absolute Gasteiger partial charge is 0.331 e. The molecular formula is C15H17F2N5O3S2. The Labute approximate surface area is 157 Å². The van der Waals surface area contributed by atoms with Gasteiger partial charge in [-0.1, -0.05) is 0 Å². The van der Waals surface area contributed by atoms with E-state index in [0.29, 0.717) is 18.7 Å². The maximum atomic E-state index is 14.6. The van der Waals surface area contributed by atoms with Crippen LogP contribution in [0.4, 0.5) is 8.78 Å². The Morgan fingerprint density at radius 1 is 1.41 bits per heavy atom. The minimum atomic E-state index is -4.29. The molecule has 1 atom stereocenters. The number of sulfonamides is 1. The average molecular weight is 417 g/mol. The van der Waals surface area contributed by atoms with Gasteiger partial charge in [0, 0.05) is 13.1 Å². The minimum absolute atomic E-state index is 0.229. The highest BCUT2D eigenvalue weighted by Crippen LogP contribution is 2.38. The van der Waals surface area contributed by atoms with Crippen molar-refractivity contribution in [2.75, 3.05) is 6.67 Å². The third-order valence-corrected chi connectivity index (χ3v) is 7.26. The summed E-state index contributed by atoms with van der Waals surface area (Å²) in [4.78, 5) is 16.3. The summed E-state index contributed by atoms with van der Waals surface area (Å²) in [5, 5.41) is 0. The molecule has 12 heteroatoms. The van der Waals surface area contributed by atoms with E-state index in [-0.39, 0.29) is 11.0 Å². The number of nitrogens with zero attached hydrogens (tertiary/aromatic N) is 3. The van der Waals surface area contributed by atoms with Crippen molar-refractivity contribution < 1.29 is 17.2 Å². The Bertz CT molecular complexity index is 1130. The summed E-state index contributed by atoms with van der Waals surface area (Å²) >= 11 is 1.17. The highest BCUT2D eigenvalue weighted by molar-refractivity contribution is 7.98. The molecule has 0 amide bonds. The monoisotopic (exact) mass is 417 g/mol. The van der Waals surface area contributed by atoms with Crippen molar-refractivity contribution in [1.29, 1.82) is 0 Å². The van der Waals surface area contributed by atoms with Gasteiger partial charge in [-0.3, -0.25) is 9.13 Å². The molecule has 2 aliphatic rings. The van der Waals surface area contributed by atoms with Gasteiger partial charge in [0.1, 0.15) is 23.2 Å². The number of alkyl halides is 1. The normalized spacial score (nSPS) is 21.3. The summed E-state index contributed by atoms with van der Waals surface area (Å²) < 4.78 is 60.7. The zero-order valence-corrected chi connectivity index (χ0v) is 16.1. The molecule has 0 saturated heterocycles. The van der Waals surface area contributed by atoms with Crippen LogP contribution in [0.25, 0.3) is 11.0 Å². The molecule has 8 nitrogen and oxygen atoms in total. The van der Waals surface area contributed by atoms with Gasteiger partial charge in [-0.05, 0) is 37.8 Å². The van der Waals surface area contributed by atoms with Crippen molar-refractivity contribution in [1.82, 2.24) is 18.6 Å². The van der Waals surface area contributed by atoms with Crippen molar-refractivity contribution in [3.63, 3.8) is 0 Å².